The molecule has 0 radical (unpaired) electrons. The van der Waals surface area contributed by atoms with E-state index >= 15 is 0 Å². The lowest BCUT2D eigenvalue weighted by Crippen LogP contribution is -2.39. The second-order valence-corrected chi connectivity index (χ2v) is 9.78. The molecule has 1 fully saturated rings. The van der Waals surface area contributed by atoms with Gasteiger partial charge in [-0.05, 0) is 68.2 Å². The molecule has 2 heterocycles. The van der Waals surface area contributed by atoms with Crippen LogP contribution in [-0.2, 0) is 4.79 Å². The van der Waals surface area contributed by atoms with Crippen molar-refractivity contribution in [1.29, 1.82) is 0 Å². The maximum atomic E-state index is 13.9. The van der Waals surface area contributed by atoms with Crippen molar-refractivity contribution < 1.29 is 18.7 Å². The number of ether oxygens (including phenoxy) is 1. The summed E-state index contributed by atoms with van der Waals surface area (Å²) in [6, 6.07) is 8.54. The first-order chi connectivity index (χ1) is 17.2. The lowest BCUT2D eigenvalue weighted by atomic mass is 10.0. The van der Waals surface area contributed by atoms with E-state index in [2.05, 4.69) is 26.3 Å². The number of nitrogens with zero attached hydrogens (tertiary/aromatic N) is 3. The predicted octanol–water partition coefficient (Wildman–Crippen LogP) is 5.54. The average molecular weight is 555 g/mol. The van der Waals surface area contributed by atoms with Crippen molar-refractivity contribution >= 4 is 39.5 Å². The molecule has 36 heavy (non-hydrogen) atoms. The van der Waals surface area contributed by atoms with Crippen LogP contribution in [0.15, 0.2) is 53.3 Å². The molecule has 0 bridgehead atoms. The highest BCUT2D eigenvalue weighted by Gasteiger charge is 2.26. The molecule has 1 aliphatic heterocycles. The van der Waals surface area contributed by atoms with Gasteiger partial charge < -0.3 is 15.0 Å². The van der Waals surface area contributed by atoms with Crippen molar-refractivity contribution in [3.63, 3.8) is 0 Å². The van der Waals surface area contributed by atoms with Crippen molar-refractivity contribution in [2.75, 3.05) is 25.5 Å². The second-order valence-electron chi connectivity index (χ2n) is 8.86. The molecule has 0 saturated carbocycles. The number of aryl methyl sites for hydroxylation is 2. The highest BCUT2D eigenvalue weighted by atomic mass is 79.9. The van der Waals surface area contributed by atoms with Crippen LogP contribution < -0.4 is 10.1 Å². The van der Waals surface area contributed by atoms with Crippen molar-refractivity contribution in [3.05, 3.63) is 81.3 Å². The molecular weight excluding hydrogens is 527 g/mol. The molecule has 4 rings (SSSR count). The molecule has 1 N–H and O–H groups in total. The molecule has 188 valence electrons. The van der Waals surface area contributed by atoms with Crippen molar-refractivity contribution in [2.45, 2.75) is 32.7 Å². The summed E-state index contributed by atoms with van der Waals surface area (Å²) in [5.74, 6) is 0.0400. The summed E-state index contributed by atoms with van der Waals surface area (Å²) in [5.41, 5.74) is 3.44. The number of aromatic nitrogens is 2. The number of halogens is 2. The number of hydrogen-bond acceptors (Lipinski definition) is 4. The monoisotopic (exact) mass is 554 g/mol. The number of anilines is 1. The number of carbonyl (C=O) groups is 2. The van der Waals surface area contributed by atoms with Crippen LogP contribution in [0.4, 0.5) is 10.1 Å². The van der Waals surface area contributed by atoms with E-state index in [9.17, 15) is 14.0 Å². The Balaban J connectivity index is 1.32. The number of hydrogen-bond donors (Lipinski definition) is 1. The molecule has 0 spiro atoms. The average Bonchev–Trinajstić information content (AvgIpc) is 3.31. The summed E-state index contributed by atoms with van der Waals surface area (Å²) < 4.78 is 21.8. The van der Waals surface area contributed by atoms with Crippen LogP contribution >= 0.6 is 15.9 Å². The van der Waals surface area contributed by atoms with Crippen LogP contribution in [0.2, 0.25) is 0 Å². The zero-order chi connectivity index (χ0) is 25.8. The molecular formula is C27H28BrFN4O3. The van der Waals surface area contributed by atoms with Gasteiger partial charge in [0.05, 0.1) is 25.0 Å². The molecule has 9 heteroatoms. The first kappa shape index (κ1) is 25.6. The molecule has 7 nitrogen and oxygen atoms in total. The Morgan fingerprint density at radius 1 is 1.17 bits per heavy atom. The number of benzene rings is 2. The zero-order valence-corrected chi connectivity index (χ0v) is 22.0. The minimum atomic E-state index is -0.414. The van der Waals surface area contributed by atoms with E-state index < -0.39 is 5.82 Å². The van der Waals surface area contributed by atoms with Gasteiger partial charge >= 0.3 is 0 Å². The smallest absolute Gasteiger partial charge is 0.253 e. The molecule has 0 atom stereocenters. The lowest BCUT2D eigenvalue weighted by molar-refractivity contribution is -0.111. The fourth-order valence-electron chi connectivity index (χ4n) is 4.50. The number of carbonyl (C=O) groups excluding carboxylic acids is 2. The Hall–Kier alpha value is -3.46. The van der Waals surface area contributed by atoms with Crippen LogP contribution in [0.25, 0.3) is 6.08 Å². The van der Waals surface area contributed by atoms with Gasteiger partial charge in [0.2, 0.25) is 5.91 Å². The summed E-state index contributed by atoms with van der Waals surface area (Å²) in [7, 11) is 1.63. The minimum Gasteiger partial charge on any atom is -0.496 e. The van der Waals surface area contributed by atoms with Gasteiger partial charge in [-0.3, -0.25) is 14.3 Å². The summed E-state index contributed by atoms with van der Waals surface area (Å²) in [6.07, 6.45) is 7.61. The van der Waals surface area contributed by atoms with Crippen LogP contribution in [-0.4, -0.2) is 46.7 Å². The predicted molar refractivity (Wildman–Crippen MR) is 141 cm³/mol. The molecule has 2 aromatic carbocycles. The van der Waals surface area contributed by atoms with Crippen molar-refractivity contribution in [2.24, 2.45) is 0 Å². The Kier molecular flexibility index (Phi) is 7.88. The molecule has 0 unspecified atom stereocenters. The maximum absolute atomic E-state index is 13.9. The number of piperidine rings is 1. The topological polar surface area (TPSA) is 76.5 Å². The highest BCUT2D eigenvalue weighted by molar-refractivity contribution is 9.10. The van der Waals surface area contributed by atoms with Crippen molar-refractivity contribution in [1.82, 2.24) is 14.7 Å². The fraction of sp³-hybridized carbons (Fsp3) is 0.296. The minimum absolute atomic E-state index is 0.0183. The van der Waals surface area contributed by atoms with Gasteiger partial charge in [0.25, 0.3) is 5.91 Å². The van der Waals surface area contributed by atoms with E-state index in [-0.39, 0.29) is 17.9 Å². The summed E-state index contributed by atoms with van der Waals surface area (Å²) >= 11 is 3.21. The van der Waals surface area contributed by atoms with E-state index in [0.29, 0.717) is 34.4 Å². The molecule has 0 aliphatic carbocycles. The van der Waals surface area contributed by atoms with Gasteiger partial charge in [0.1, 0.15) is 11.6 Å². The largest absolute Gasteiger partial charge is 0.496 e. The summed E-state index contributed by atoms with van der Waals surface area (Å²) in [6.45, 7) is 5.13. The van der Waals surface area contributed by atoms with E-state index in [1.165, 1.54) is 18.2 Å². The van der Waals surface area contributed by atoms with E-state index in [1.807, 2.05) is 35.6 Å². The van der Waals surface area contributed by atoms with Gasteiger partial charge in [-0.25, -0.2) is 4.39 Å². The Morgan fingerprint density at radius 2 is 1.86 bits per heavy atom. The number of amides is 2. The lowest BCUT2D eigenvalue weighted by Gasteiger charge is -2.32. The van der Waals surface area contributed by atoms with Crippen LogP contribution in [0, 0.1) is 19.7 Å². The Labute approximate surface area is 218 Å². The SMILES string of the molecule is COc1c(C)cc(C(=O)N2CCC(n3cc(NC(=O)/C=C/c4ccc(Br)cc4F)cn3)CC2)cc1C. The number of nitrogens with one attached hydrogen (secondary N) is 1. The van der Waals surface area contributed by atoms with Gasteiger partial charge in [-0.2, -0.15) is 5.10 Å². The fourth-order valence-corrected chi connectivity index (χ4v) is 4.83. The molecule has 2 amide bonds. The van der Waals surface area contributed by atoms with Crippen LogP contribution in [0.3, 0.4) is 0 Å². The first-order valence-corrected chi connectivity index (χ1v) is 12.5. The second kappa shape index (κ2) is 11.1. The highest BCUT2D eigenvalue weighted by Crippen LogP contribution is 2.28. The van der Waals surface area contributed by atoms with Gasteiger partial charge in [0, 0.05) is 41.0 Å². The van der Waals surface area contributed by atoms with Gasteiger partial charge in [-0.15, -0.1) is 0 Å². The number of methoxy groups -OCH3 is 1. The maximum Gasteiger partial charge on any atom is 0.253 e. The third-order valence-corrected chi connectivity index (χ3v) is 6.78. The molecule has 1 aliphatic rings. The van der Waals surface area contributed by atoms with Gasteiger partial charge in [0.15, 0.2) is 0 Å². The van der Waals surface area contributed by atoms with Crippen LogP contribution in [0.5, 0.6) is 5.75 Å². The first-order valence-electron chi connectivity index (χ1n) is 11.7. The zero-order valence-electron chi connectivity index (χ0n) is 20.4. The Morgan fingerprint density at radius 3 is 2.50 bits per heavy atom. The normalized spacial score (nSPS) is 14.3. The van der Waals surface area contributed by atoms with Crippen LogP contribution in [0.1, 0.15) is 45.9 Å². The van der Waals surface area contributed by atoms with Gasteiger partial charge in [-0.1, -0.05) is 22.0 Å². The van der Waals surface area contributed by atoms with E-state index in [0.717, 1.165) is 29.7 Å². The molecule has 1 saturated heterocycles. The molecule has 1 aromatic heterocycles. The third-order valence-electron chi connectivity index (χ3n) is 6.28. The molecule has 3 aromatic rings. The Bertz CT molecular complexity index is 1290. The summed E-state index contributed by atoms with van der Waals surface area (Å²) in [5, 5.41) is 7.16. The van der Waals surface area contributed by atoms with Crippen molar-refractivity contribution in [3.8, 4) is 5.75 Å². The number of rotatable bonds is 6. The van der Waals surface area contributed by atoms with E-state index in [4.69, 9.17) is 4.74 Å². The standard InChI is InChI=1S/C27H28BrFN4O3/c1-17-12-20(13-18(2)26(17)36-3)27(35)32-10-8-23(9-11-32)33-16-22(15-30-33)31-25(34)7-5-19-4-6-21(28)14-24(19)29/h4-7,12-16,23H,8-11H2,1-3H3,(H,31,34)/b7-5+. The van der Waals surface area contributed by atoms with E-state index in [1.54, 1.807) is 31.6 Å². The number of likely N-dealkylation sites (tertiary alicyclic amines) is 1. The quantitative estimate of drug-likeness (QED) is 0.406. The summed E-state index contributed by atoms with van der Waals surface area (Å²) in [4.78, 5) is 27.2. The third kappa shape index (κ3) is 5.84.